The second-order valence-corrected chi connectivity index (χ2v) is 6.26. The fourth-order valence-corrected chi connectivity index (χ4v) is 3.29. The van der Waals surface area contributed by atoms with E-state index in [1.54, 1.807) is 27.5 Å². The average molecular weight is 372 g/mol. The van der Waals surface area contributed by atoms with E-state index in [9.17, 15) is 4.79 Å². The molecule has 2 aromatic rings. The lowest BCUT2D eigenvalue weighted by atomic mass is 10.0. The van der Waals surface area contributed by atoms with Crippen molar-refractivity contribution in [3.63, 3.8) is 0 Å². The summed E-state index contributed by atoms with van der Waals surface area (Å²) in [5.74, 6) is 2.01. The van der Waals surface area contributed by atoms with Crippen LogP contribution in [0.25, 0.3) is 0 Å². The third-order valence-electron chi connectivity index (χ3n) is 4.71. The van der Waals surface area contributed by atoms with Gasteiger partial charge in [-0.25, -0.2) is 9.97 Å². The van der Waals surface area contributed by atoms with Crippen LogP contribution in [0.3, 0.4) is 0 Å². The van der Waals surface area contributed by atoms with Gasteiger partial charge < -0.3 is 24.8 Å². The van der Waals surface area contributed by atoms with Crippen molar-refractivity contribution < 1.29 is 19.0 Å². The first-order valence-corrected chi connectivity index (χ1v) is 8.73. The summed E-state index contributed by atoms with van der Waals surface area (Å²) in [7, 11) is 4.72. The van der Waals surface area contributed by atoms with Gasteiger partial charge in [0.1, 0.15) is 0 Å². The minimum atomic E-state index is 0.0645. The second-order valence-electron chi connectivity index (χ2n) is 6.26. The van der Waals surface area contributed by atoms with Gasteiger partial charge in [-0.3, -0.25) is 4.79 Å². The smallest absolute Gasteiger partial charge is 0.223 e. The fourth-order valence-electron chi connectivity index (χ4n) is 3.29. The largest absolute Gasteiger partial charge is 0.493 e. The van der Waals surface area contributed by atoms with Crippen molar-refractivity contribution in [3.8, 4) is 17.2 Å². The second kappa shape index (κ2) is 8.11. The third kappa shape index (κ3) is 3.89. The number of nitrogens with zero attached hydrogens (tertiary/aromatic N) is 3. The number of aromatic nitrogens is 2. The van der Waals surface area contributed by atoms with Gasteiger partial charge >= 0.3 is 0 Å². The third-order valence-corrected chi connectivity index (χ3v) is 4.71. The van der Waals surface area contributed by atoms with E-state index in [4.69, 9.17) is 19.9 Å². The molecule has 1 aliphatic rings. The predicted octanol–water partition coefficient (Wildman–Crippen LogP) is 1.60. The molecule has 1 amide bonds. The topological polar surface area (TPSA) is 99.8 Å². The Hall–Kier alpha value is -3.03. The maximum atomic E-state index is 12.7. The van der Waals surface area contributed by atoms with Gasteiger partial charge in [-0.15, -0.1) is 0 Å². The number of fused-ring (bicyclic) bond motifs is 1. The van der Waals surface area contributed by atoms with Crippen LogP contribution < -0.4 is 19.9 Å². The van der Waals surface area contributed by atoms with Crippen molar-refractivity contribution in [1.29, 1.82) is 0 Å². The standard InChI is InChI=1S/C19H24N4O4/c1-25-15-6-4-12(17(26-2)18(15)27-3)5-7-16(24)23-9-8-13-10-21-19(20)22-14(13)11-23/h4,6,10H,5,7-9,11H2,1-3H3,(H2,20,21,22). The van der Waals surface area contributed by atoms with Crippen LogP contribution in [-0.4, -0.2) is 48.6 Å². The van der Waals surface area contributed by atoms with Crippen LogP contribution in [0.15, 0.2) is 18.3 Å². The Labute approximate surface area is 158 Å². The molecule has 0 fully saturated rings. The Kier molecular flexibility index (Phi) is 5.63. The summed E-state index contributed by atoms with van der Waals surface area (Å²) in [6.45, 7) is 1.12. The minimum Gasteiger partial charge on any atom is -0.493 e. The van der Waals surface area contributed by atoms with E-state index in [0.29, 0.717) is 43.2 Å². The number of amides is 1. The van der Waals surface area contributed by atoms with E-state index in [-0.39, 0.29) is 11.9 Å². The number of anilines is 1. The van der Waals surface area contributed by atoms with Crippen molar-refractivity contribution in [2.75, 3.05) is 33.6 Å². The highest BCUT2D eigenvalue weighted by Crippen LogP contribution is 2.40. The first kappa shape index (κ1) is 18.8. The summed E-state index contributed by atoms with van der Waals surface area (Å²) in [5.41, 5.74) is 8.43. The highest BCUT2D eigenvalue weighted by atomic mass is 16.5. The molecular formula is C19H24N4O4. The van der Waals surface area contributed by atoms with E-state index in [2.05, 4.69) is 9.97 Å². The molecule has 0 aliphatic carbocycles. The molecular weight excluding hydrogens is 348 g/mol. The van der Waals surface area contributed by atoms with Crippen molar-refractivity contribution in [3.05, 3.63) is 35.2 Å². The van der Waals surface area contributed by atoms with Crippen LogP contribution in [0.2, 0.25) is 0 Å². The van der Waals surface area contributed by atoms with Gasteiger partial charge in [0.05, 0.1) is 33.6 Å². The molecule has 0 saturated carbocycles. The molecule has 3 rings (SSSR count). The molecule has 2 N–H and O–H groups in total. The van der Waals surface area contributed by atoms with Gasteiger partial charge in [-0.05, 0) is 30.0 Å². The summed E-state index contributed by atoms with van der Waals surface area (Å²) in [6, 6.07) is 3.71. The number of nitrogens with two attached hydrogens (primary N) is 1. The molecule has 27 heavy (non-hydrogen) atoms. The molecule has 8 heteroatoms. The molecule has 0 saturated heterocycles. The number of ether oxygens (including phenoxy) is 3. The monoisotopic (exact) mass is 372 g/mol. The molecule has 0 unspecified atom stereocenters. The quantitative estimate of drug-likeness (QED) is 0.822. The summed E-state index contributed by atoms with van der Waals surface area (Å²) in [5, 5.41) is 0. The SMILES string of the molecule is COc1ccc(CCC(=O)N2CCc3cnc(N)nc3C2)c(OC)c1OC. The predicted molar refractivity (Wildman–Crippen MR) is 100.0 cm³/mol. The van der Waals surface area contributed by atoms with Gasteiger partial charge in [0.2, 0.25) is 17.6 Å². The number of methoxy groups -OCH3 is 3. The number of nitrogen functional groups attached to an aromatic ring is 1. The lowest BCUT2D eigenvalue weighted by molar-refractivity contribution is -0.132. The van der Waals surface area contributed by atoms with Gasteiger partial charge in [0.15, 0.2) is 11.5 Å². The van der Waals surface area contributed by atoms with Crippen molar-refractivity contribution in [2.45, 2.75) is 25.8 Å². The molecule has 0 atom stereocenters. The molecule has 8 nitrogen and oxygen atoms in total. The lowest BCUT2D eigenvalue weighted by Crippen LogP contribution is -2.36. The van der Waals surface area contributed by atoms with Crippen LogP contribution >= 0.6 is 0 Å². The zero-order valence-corrected chi connectivity index (χ0v) is 15.8. The Balaban J connectivity index is 1.69. The van der Waals surface area contributed by atoms with Crippen molar-refractivity contribution in [1.82, 2.24) is 14.9 Å². The number of rotatable bonds is 6. The molecule has 144 valence electrons. The van der Waals surface area contributed by atoms with Gasteiger partial charge in [-0.2, -0.15) is 0 Å². The number of carbonyl (C=O) groups excluding carboxylic acids is 1. The molecule has 0 bridgehead atoms. The van der Waals surface area contributed by atoms with E-state index >= 15 is 0 Å². The number of hydrogen-bond acceptors (Lipinski definition) is 7. The van der Waals surface area contributed by atoms with Gasteiger partial charge in [0.25, 0.3) is 0 Å². The zero-order chi connectivity index (χ0) is 19.4. The van der Waals surface area contributed by atoms with Crippen LogP contribution in [0.4, 0.5) is 5.95 Å². The number of aryl methyl sites for hydroxylation is 1. The molecule has 0 radical (unpaired) electrons. The molecule has 1 aliphatic heterocycles. The van der Waals surface area contributed by atoms with Crippen LogP contribution in [0.5, 0.6) is 17.2 Å². The Morgan fingerprint density at radius 2 is 1.96 bits per heavy atom. The van der Waals surface area contributed by atoms with Gasteiger partial charge in [-0.1, -0.05) is 6.07 Å². The van der Waals surface area contributed by atoms with E-state index in [0.717, 1.165) is 23.2 Å². The Morgan fingerprint density at radius 1 is 1.19 bits per heavy atom. The van der Waals surface area contributed by atoms with Crippen LogP contribution in [0.1, 0.15) is 23.2 Å². The Bertz CT molecular complexity index is 841. The maximum absolute atomic E-state index is 12.7. The van der Waals surface area contributed by atoms with Crippen molar-refractivity contribution in [2.24, 2.45) is 0 Å². The Morgan fingerprint density at radius 3 is 2.67 bits per heavy atom. The van der Waals surface area contributed by atoms with E-state index in [1.807, 2.05) is 17.0 Å². The summed E-state index contributed by atoms with van der Waals surface area (Å²) in [4.78, 5) is 22.8. The van der Waals surface area contributed by atoms with Gasteiger partial charge in [0, 0.05) is 19.2 Å². The normalized spacial score (nSPS) is 13.1. The summed E-state index contributed by atoms with van der Waals surface area (Å²) >= 11 is 0. The molecule has 1 aromatic heterocycles. The number of carbonyl (C=O) groups is 1. The fraction of sp³-hybridized carbons (Fsp3) is 0.421. The lowest BCUT2D eigenvalue weighted by Gasteiger charge is -2.28. The van der Waals surface area contributed by atoms with E-state index < -0.39 is 0 Å². The molecule has 0 spiro atoms. The van der Waals surface area contributed by atoms with E-state index in [1.165, 1.54) is 0 Å². The summed E-state index contributed by atoms with van der Waals surface area (Å²) < 4.78 is 16.2. The highest BCUT2D eigenvalue weighted by molar-refractivity contribution is 5.77. The number of benzene rings is 1. The van der Waals surface area contributed by atoms with Crippen molar-refractivity contribution >= 4 is 11.9 Å². The van der Waals surface area contributed by atoms with Crippen LogP contribution in [-0.2, 0) is 24.2 Å². The average Bonchev–Trinajstić information content (AvgIpc) is 2.70. The molecule has 2 heterocycles. The maximum Gasteiger partial charge on any atom is 0.223 e. The van der Waals surface area contributed by atoms with Crippen LogP contribution in [0, 0.1) is 0 Å². The summed E-state index contributed by atoms with van der Waals surface area (Å²) in [6.07, 6.45) is 3.38. The first-order chi connectivity index (χ1) is 13.1. The molecule has 1 aromatic carbocycles. The zero-order valence-electron chi connectivity index (χ0n) is 15.8. The first-order valence-electron chi connectivity index (χ1n) is 8.73. The number of hydrogen-bond donors (Lipinski definition) is 1. The minimum absolute atomic E-state index is 0.0645. The highest BCUT2D eigenvalue weighted by Gasteiger charge is 2.23.